The molecule has 16 heteroatoms. The molecule has 2 aliphatic carbocycles. The first-order valence-corrected chi connectivity index (χ1v) is 33.4. The van der Waals surface area contributed by atoms with Gasteiger partial charge in [0.25, 0.3) is 0 Å². The van der Waals surface area contributed by atoms with Crippen molar-refractivity contribution in [2.45, 2.75) is 90.6 Å². The summed E-state index contributed by atoms with van der Waals surface area (Å²) in [5.74, 6) is -1.39. The van der Waals surface area contributed by atoms with Crippen LogP contribution in [-0.4, -0.2) is 66.9 Å². The zero-order valence-corrected chi connectivity index (χ0v) is 52.2. The summed E-state index contributed by atoms with van der Waals surface area (Å²) in [6.45, 7) is 22.9. The first-order chi connectivity index (χ1) is 34.7. The number of allylic oxidation sites excluding steroid dienone is 4. The lowest BCUT2D eigenvalue weighted by molar-refractivity contribution is 0.0376. The molecule has 10 nitrogen and oxygen atoms in total. The maximum Gasteiger partial charge on any atom is 0.338 e. The number of rotatable bonds is 20. The molecule has 2 saturated carbocycles. The van der Waals surface area contributed by atoms with Gasteiger partial charge < -0.3 is 27.8 Å². The van der Waals surface area contributed by atoms with E-state index in [2.05, 4.69) is 131 Å². The van der Waals surface area contributed by atoms with Gasteiger partial charge in [-0.3, -0.25) is 0 Å². The average Bonchev–Trinajstić information content (AvgIpc) is 4.25. The van der Waals surface area contributed by atoms with E-state index in [0.29, 0.717) is 22.3 Å². The highest BCUT2D eigenvalue weighted by Crippen LogP contribution is 2.55. The Labute approximate surface area is 473 Å². The Hall–Kier alpha value is -4.33. The molecule has 0 bridgehead atoms. The Morgan fingerprint density at radius 2 is 0.716 bits per heavy atom. The van der Waals surface area contributed by atoms with Crippen LogP contribution in [0, 0.1) is 22.7 Å². The zero-order valence-electron chi connectivity index (χ0n) is 43.8. The van der Waals surface area contributed by atoms with Crippen LogP contribution < -0.4 is 0 Å². The second-order valence-corrected chi connectivity index (χ2v) is 35.0. The molecule has 2 aliphatic rings. The van der Waals surface area contributed by atoms with Crippen LogP contribution in [0.4, 0.5) is 0 Å². The van der Waals surface area contributed by atoms with Crippen molar-refractivity contribution in [1.29, 1.82) is 0 Å². The summed E-state index contributed by atoms with van der Waals surface area (Å²) >= 11 is 13.5. The van der Waals surface area contributed by atoms with Crippen molar-refractivity contribution in [3.05, 3.63) is 186 Å². The minimum Gasteiger partial charge on any atom is -0.549 e. The molecule has 4 aromatic rings. The first kappa shape index (κ1) is 60.5. The number of carbonyl (C=O) groups is 4. The van der Waals surface area contributed by atoms with Gasteiger partial charge in [-0.15, -0.1) is 0 Å². The number of hydrogen-bond donors (Lipinski definition) is 0. The van der Waals surface area contributed by atoms with E-state index in [9.17, 15) is 19.2 Å². The largest absolute Gasteiger partial charge is 0.549 e. The lowest BCUT2D eigenvalue weighted by Gasteiger charge is -2.34. The second-order valence-electron chi connectivity index (χ2n) is 21.8. The minimum atomic E-state index is -1.89. The molecule has 0 aliphatic heterocycles. The van der Waals surface area contributed by atoms with Gasteiger partial charge in [0.05, 0.1) is 48.0 Å². The van der Waals surface area contributed by atoms with Gasteiger partial charge >= 0.3 is 23.9 Å². The van der Waals surface area contributed by atoms with Crippen molar-refractivity contribution in [3.8, 4) is 0 Å². The lowest BCUT2D eigenvalue weighted by Crippen LogP contribution is -2.39. The summed E-state index contributed by atoms with van der Waals surface area (Å²) in [7, 11) is -3.77. The van der Waals surface area contributed by atoms with Crippen molar-refractivity contribution in [2.24, 2.45) is 22.7 Å². The summed E-state index contributed by atoms with van der Waals surface area (Å²) in [6, 6.07) is 28.2. The van der Waals surface area contributed by atoms with Crippen molar-refractivity contribution in [3.63, 3.8) is 0 Å². The number of ether oxygens (including phenoxy) is 4. The van der Waals surface area contributed by atoms with Crippen LogP contribution in [0.5, 0.6) is 0 Å². The number of halogens is 4. The topological polar surface area (TPSA) is 124 Å². The molecule has 396 valence electrons. The zero-order chi connectivity index (χ0) is 54.5. The quantitative estimate of drug-likeness (QED) is 0.0278. The van der Waals surface area contributed by atoms with E-state index in [4.69, 9.17) is 27.8 Å². The molecule has 0 radical (unpaired) electrons. The SMILES string of the molecule is CC(C)(C)[Si](C)(C)O/C=C/C=C\[C@@]1(COC(=O)c2ccc(Br)cc2)C[C@@H]1COC(=O)c1ccc(Br)cc1.CC(C)(C)[Si](C)(C)O/C=C/C=C\[C@]1(COC(=O)c2ccc(Br)cc2)C[C@H]1COC(=O)c1ccc(Br)cc1. The Morgan fingerprint density at radius 3 is 0.973 bits per heavy atom. The predicted molar refractivity (Wildman–Crippen MR) is 312 cm³/mol. The van der Waals surface area contributed by atoms with E-state index in [1.165, 1.54) is 0 Å². The van der Waals surface area contributed by atoms with E-state index in [0.717, 1.165) is 30.7 Å². The molecule has 0 N–H and O–H groups in total. The smallest absolute Gasteiger partial charge is 0.338 e. The van der Waals surface area contributed by atoms with E-state index in [1.807, 2.05) is 36.5 Å². The number of hydrogen-bond acceptors (Lipinski definition) is 10. The molecule has 0 saturated heterocycles. The third kappa shape index (κ3) is 17.9. The Balaban J connectivity index is 0.000000274. The van der Waals surface area contributed by atoms with Gasteiger partial charge in [-0.1, -0.05) is 130 Å². The molecule has 0 heterocycles. The fraction of sp³-hybridized carbons (Fsp3) is 0.379. The van der Waals surface area contributed by atoms with Gasteiger partial charge in [-0.2, -0.15) is 0 Å². The Kier molecular flexibility index (Phi) is 21.4. The standard InChI is InChI=1S/2C29H34Br2O5Si/c2*1-28(2,3)37(4,5)36-17-7-6-16-29(20-35-27(33)22-10-14-25(31)15-11-22)18-23(29)19-34-26(32)21-8-12-24(30)13-9-21/h2*6-17,23H,18-20H2,1-5H3/b2*16-6-,17-7+/t2*23-,29+/m10/s1. The van der Waals surface area contributed by atoms with Crippen LogP contribution in [0.25, 0.3) is 0 Å². The van der Waals surface area contributed by atoms with Crippen LogP contribution in [0.3, 0.4) is 0 Å². The molecule has 0 unspecified atom stereocenters. The van der Waals surface area contributed by atoms with Gasteiger partial charge in [-0.25, -0.2) is 19.2 Å². The van der Waals surface area contributed by atoms with E-state index in [-0.39, 0.29) is 72.2 Å². The lowest BCUT2D eigenvalue weighted by atomic mass is 10.0. The summed E-state index contributed by atoms with van der Waals surface area (Å²) in [4.78, 5) is 50.2. The highest BCUT2D eigenvalue weighted by Gasteiger charge is 2.55. The predicted octanol–water partition coefficient (Wildman–Crippen LogP) is 16.6. The number of esters is 4. The first-order valence-electron chi connectivity index (χ1n) is 24.4. The minimum absolute atomic E-state index is 0.0515. The molecule has 4 atom stereocenters. The van der Waals surface area contributed by atoms with E-state index < -0.39 is 27.5 Å². The van der Waals surface area contributed by atoms with Gasteiger partial charge in [0.2, 0.25) is 16.6 Å². The van der Waals surface area contributed by atoms with Crippen molar-refractivity contribution < 1.29 is 47.0 Å². The fourth-order valence-corrected chi connectivity index (χ4v) is 9.50. The Morgan fingerprint density at radius 1 is 0.459 bits per heavy atom. The normalized spacial score (nSPS) is 19.7. The summed E-state index contributed by atoms with van der Waals surface area (Å²) < 4.78 is 38.3. The highest BCUT2D eigenvalue weighted by atomic mass is 79.9. The monoisotopic (exact) mass is 1300 g/mol. The molecular weight excluding hydrogens is 1230 g/mol. The van der Waals surface area contributed by atoms with E-state index >= 15 is 0 Å². The third-order valence-electron chi connectivity index (χ3n) is 14.2. The molecule has 0 spiro atoms. The van der Waals surface area contributed by atoms with Crippen LogP contribution in [0.1, 0.15) is 95.8 Å². The van der Waals surface area contributed by atoms with Crippen LogP contribution in [-0.2, 0) is 27.8 Å². The molecule has 0 aromatic heterocycles. The number of carbonyl (C=O) groups excluding carboxylic acids is 4. The molecule has 0 amide bonds. The van der Waals surface area contributed by atoms with E-state index in [1.54, 1.807) is 110 Å². The maximum atomic E-state index is 12.6. The Bertz CT molecular complexity index is 2490. The molecular formula is C58H68Br4O10Si2. The highest BCUT2D eigenvalue weighted by molar-refractivity contribution is 9.11. The van der Waals surface area contributed by atoms with Crippen molar-refractivity contribution in [1.82, 2.24) is 0 Å². The fourth-order valence-electron chi connectivity index (χ4n) is 6.89. The molecule has 74 heavy (non-hydrogen) atoms. The van der Waals surface area contributed by atoms with Gasteiger partial charge in [0, 0.05) is 40.6 Å². The average molecular weight is 1300 g/mol. The number of benzene rings is 4. The van der Waals surface area contributed by atoms with Crippen molar-refractivity contribution >= 4 is 104 Å². The van der Waals surface area contributed by atoms with Crippen LogP contribution >= 0.6 is 63.7 Å². The third-order valence-corrected chi connectivity index (χ3v) is 25.0. The summed E-state index contributed by atoms with van der Waals surface area (Å²) in [5.41, 5.74) is 1.18. The van der Waals surface area contributed by atoms with Gasteiger partial charge in [0.15, 0.2) is 0 Å². The summed E-state index contributed by atoms with van der Waals surface area (Å²) in [5, 5.41) is 0.230. The van der Waals surface area contributed by atoms with Gasteiger partial charge in [-0.05, 0) is 158 Å². The summed E-state index contributed by atoms with van der Waals surface area (Å²) in [6.07, 6.45) is 16.7. The molecule has 6 rings (SSSR count). The van der Waals surface area contributed by atoms with Crippen LogP contribution in [0.2, 0.25) is 36.3 Å². The van der Waals surface area contributed by atoms with Crippen LogP contribution in [0.15, 0.2) is 164 Å². The maximum absolute atomic E-state index is 12.6. The molecule has 4 aromatic carbocycles. The van der Waals surface area contributed by atoms with Gasteiger partial charge in [0.1, 0.15) is 13.2 Å². The van der Waals surface area contributed by atoms with Crippen molar-refractivity contribution in [2.75, 3.05) is 26.4 Å². The molecule has 2 fully saturated rings. The second kappa shape index (κ2) is 26.1.